The molecule has 2 aromatic heterocycles. The van der Waals surface area contributed by atoms with Crippen LogP contribution in [-0.4, -0.2) is 6.79 Å². The van der Waals surface area contributed by atoms with Crippen molar-refractivity contribution in [3.63, 3.8) is 0 Å². The van der Waals surface area contributed by atoms with Crippen molar-refractivity contribution in [3.8, 4) is 23.4 Å². The van der Waals surface area contributed by atoms with Crippen molar-refractivity contribution >= 4 is 21.9 Å². The zero-order valence-corrected chi connectivity index (χ0v) is 17.0. The van der Waals surface area contributed by atoms with E-state index in [1.165, 1.54) is 0 Å². The molecule has 33 heavy (non-hydrogen) atoms. The predicted molar refractivity (Wildman–Crippen MR) is 119 cm³/mol. The second-order valence-electron chi connectivity index (χ2n) is 7.90. The molecule has 0 bridgehead atoms. The van der Waals surface area contributed by atoms with E-state index in [4.69, 9.17) is 23.0 Å². The largest absolute Gasteiger partial charge is 0.454 e. The molecule has 0 unspecified atom stereocenters. The molecule has 2 aliphatic heterocycles. The molecule has 2 aliphatic rings. The zero-order chi connectivity index (χ0) is 22.1. The molecule has 0 spiro atoms. The maximum Gasteiger partial charge on any atom is 0.301 e. The fourth-order valence-corrected chi connectivity index (χ4v) is 4.58. The highest BCUT2D eigenvalue weighted by Gasteiger charge is 2.39. The van der Waals surface area contributed by atoms with E-state index in [0.717, 1.165) is 0 Å². The van der Waals surface area contributed by atoms with Crippen molar-refractivity contribution in [2.24, 2.45) is 0 Å². The first kappa shape index (κ1) is 18.1. The molecular formula is C26H14O7. The number of benzene rings is 3. The summed E-state index contributed by atoms with van der Waals surface area (Å²) in [6, 6.07) is 19.2. The van der Waals surface area contributed by atoms with Gasteiger partial charge in [-0.05, 0) is 42.0 Å². The summed E-state index contributed by atoms with van der Waals surface area (Å²) in [6.45, 7) is 0.110. The minimum atomic E-state index is -0.778. The Morgan fingerprint density at radius 3 is 1.88 bits per heavy atom. The van der Waals surface area contributed by atoms with Gasteiger partial charge in [0.25, 0.3) is 0 Å². The Bertz CT molecular complexity index is 1630. The highest BCUT2D eigenvalue weighted by molar-refractivity contribution is 5.81. The van der Waals surface area contributed by atoms with Gasteiger partial charge in [-0.25, -0.2) is 0 Å². The van der Waals surface area contributed by atoms with E-state index < -0.39 is 5.92 Å². The highest BCUT2D eigenvalue weighted by atomic mass is 16.7. The molecule has 5 aromatic rings. The van der Waals surface area contributed by atoms with E-state index in [-0.39, 0.29) is 40.7 Å². The first-order chi connectivity index (χ1) is 16.2. The fourth-order valence-electron chi connectivity index (χ4n) is 4.58. The Balaban J connectivity index is 1.60. The van der Waals surface area contributed by atoms with Crippen molar-refractivity contribution in [1.29, 1.82) is 0 Å². The van der Waals surface area contributed by atoms with E-state index in [1.54, 1.807) is 66.7 Å². The van der Waals surface area contributed by atoms with Crippen LogP contribution in [0.3, 0.4) is 0 Å². The molecule has 0 atom stereocenters. The fraction of sp³-hybridized carbons (Fsp3) is 0.0769. The molecule has 7 heteroatoms. The lowest BCUT2D eigenvalue weighted by molar-refractivity contribution is 0.174. The van der Waals surface area contributed by atoms with Crippen molar-refractivity contribution in [2.75, 3.05) is 6.79 Å². The van der Waals surface area contributed by atoms with Gasteiger partial charge in [0.05, 0.1) is 27.8 Å². The molecule has 3 aromatic carbocycles. The van der Waals surface area contributed by atoms with Crippen LogP contribution < -0.4 is 25.1 Å². The third kappa shape index (κ3) is 2.50. The Kier molecular flexibility index (Phi) is 3.56. The van der Waals surface area contributed by atoms with Crippen LogP contribution in [0.4, 0.5) is 0 Å². The van der Waals surface area contributed by atoms with E-state index in [1.807, 2.05) is 0 Å². The monoisotopic (exact) mass is 438 g/mol. The van der Waals surface area contributed by atoms with Gasteiger partial charge >= 0.3 is 11.9 Å². The number of hydrogen-bond acceptors (Lipinski definition) is 7. The first-order valence-corrected chi connectivity index (χ1v) is 10.4. The minimum Gasteiger partial charge on any atom is -0.454 e. The molecule has 7 nitrogen and oxygen atoms in total. The number of fused-ring (bicyclic) bond motifs is 5. The average molecular weight is 438 g/mol. The molecular weight excluding hydrogens is 424 g/mol. The lowest BCUT2D eigenvalue weighted by Crippen LogP contribution is -2.26. The summed E-state index contributed by atoms with van der Waals surface area (Å²) in [7, 11) is 0. The Morgan fingerprint density at radius 2 is 1.24 bits per heavy atom. The third-order valence-corrected chi connectivity index (χ3v) is 6.09. The third-order valence-electron chi connectivity index (χ3n) is 6.09. The number of hydrogen-bond donors (Lipinski definition) is 0. The van der Waals surface area contributed by atoms with Crippen LogP contribution in [0.25, 0.3) is 21.9 Å². The van der Waals surface area contributed by atoms with E-state index in [0.29, 0.717) is 39.0 Å². The quantitative estimate of drug-likeness (QED) is 0.360. The summed E-state index contributed by atoms with van der Waals surface area (Å²) in [5.41, 5.74) is 1.37. The first-order valence-electron chi connectivity index (χ1n) is 10.4. The smallest absolute Gasteiger partial charge is 0.301 e. The van der Waals surface area contributed by atoms with Gasteiger partial charge in [-0.1, -0.05) is 30.3 Å². The maximum absolute atomic E-state index is 13.6. The number of para-hydroxylation sites is 2. The van der Waals surface area contributed by atoms with E-state index >= 15 is 0 Å². The van der Waals surface area contributed by atoms with Crippen LogP contribution in [0.2, 0.25) is 0 Å². The van der Waals surface area contributed by atoms with E-state index in [2.05, 4.69) is 0 Å². The summed E-state index contributed by atoms with van der Waals surface area (Å²) < 4.78 is 28.9. The van der Waals surface area contributed by atoms with Crippen molar-refractivity contribution < 1.29 is 23.0 Å². The summed E-state index contributed by atoms with van der Waals surface area (Å²) >= 11 is 0. The Morgan fingerprint density at radius 1 is 0.667 bits per heavy atom. The highest BCUT2D eigenvalue weighted by Crippen LogP contribution is 2.48. The summed E-state index contributed by atoms with van der Waals surface area (Å²) in [4.78, 5) is 27.3. The number of rotatable bonds is 1. The molecule has 4 heterocycles. The second kappa shape index (κ2) is 6.49. The van der Waals surface area contributed by atoms with Gasteiger partial charge in [0.15, 0.2) is 11.5 Å². The topological polar surface area (TPSA) is 88.1 Å². The Hall–Kier alpha value is -4.52. The predicted octanol–water partition coefficient (Wildman–Crippen LogP) is 4.91. The minimum absolute atomic E-state index is 0.00676. The van der Waals surface area contributed by atoms with Gasteiger partial charge in [0.2, 0.25) is 17.7 Å². The lowest BCUT2D eigenvalue weighted by atomic mass is 9.83. The molecule has 0 fully saturated rings. The Labute approximate surface area is 185 Å². The van der Waals surface area contributed by atoms with Gasteiger partial charge in [-0.3, -0.25) is 9.59 Å². The molecule has 7 rings (SSSR count). The van der Waals surface area contributed by atoms with Crippen LogP contribution >= 0.6 is 0 Å². The van der Waals surface area contributed by atoms with Crippen LogP contribution in [0, 0.1) is 0 Å². The van der Waals surface area contributed by atoms with Crippen LogP contribution in [0.5, 0.6) is 23.4 Å². The number of ether oxygens (including phenoxy) is 3. The van der Waals surface area contributed by atoms with Gasteiger partial charge in [-0.15, -0.1) is 0 Å². The van der Waals surface area contributed by atoms with Crippen LogP contribution in [0.15, 0.2) is 85.2 Å². The molecule has 0 aliphatic carbocycles. The molecule has 0 saturated carbocycles. The van der Waals surface area contributed by atoms with Gasteiger partial charge in [0.1, 0.15) is 11.2 Å². The summed E-state index contributed by atoms with van der Waals surface area (Å²) in [6.07, 6.45) is 0. The molecule has 160 valence electrons. The SMILES string of the molecule is O=c1c2c(oc3ccccc13)Oc1oc3ccccc3c(=O)c1C2c1ccc2c(c1)OCO2. The van der Waals surface area contributed by atoms with Crippen molar-refractivity contribution in [1.82, 2.24) is 0 Å². The maximum atomic E-state index is 13.6. The second-order valence-corrected chi connectivity index (χ2v) is 7.90. The van der Waals surface area contributed by atoms with Crippen LogP contribution in [-0.2, 0) is 0 Å². The molecule has 0 N–H and O–H groups in total. The van der Waals surface area contributed by atoms with Crippen molar-refractivity contribution in [2.45, 2.75) is 5.92 Å². The van der Waals surface area contributed by atoms with Gasteiger partial charge in [-0.2, -0.15) is 0 Å². The van der Waals surface area contributed by atoms with Gasteiger partial charge in [0, 0.05) is 0 Å². The van der Waals surface area contributed by atoms with E-state index in [9.17, 15) is 9.59 Å². The van der Waals surface area contributed by atoms with Gasteiger partial charge < -0.3 is 23.0 Å². The standard InChI is InChI=1S/C26H14O7/c27-23-14-5-1-3-7-16(14)31-25-21(23)20(13-9-10-18-19(11-13)30-12-29-18)22-24(28)15-6-2-4-8-17(15)32-26(22)33-25/h1-11,20H,12H2. The summed E-state index contributed by atoms with van der Waals surface area (Å²) in [5, 5.41) is 0.804. The van der Waals surface area contributed by atoms with Crippen molar-refractivity contribution in [3.05, 3.63) is 104 Å². The zero-order valence-electron chi connectivity index (χ0n) is 17.0. The molecule has 0 saturated heterocycles. The molecule has 0 amide bonds. The lowest BCUT2D eigenvalue weighted by Gasteiger charge is -2.25. The average Bonchev–Trinajstić information content (AvgIpc) is 3.31. The normalized spacial score (nSPS) is 14.2. The summed E-state index contributed by atoms with van der Waals surface area (Å²) in [5.74, 6) is 0.374. The molecule has 0 radical (unpaired) electrons. The van der Waals surface area contributed by atoms with Crippen LogP contribution in [0.1, 0.15) is 22.6 Å².